The number of halogens is 3. The molecule has 1 rings (SSSR count). The molecule has 0 aliphatic rings. The van der Waals surface area contributed by atoms with Crippen LogP contribution in [0.1, 0.15) is 45.5 Å². The van der Waals surface area contributed by atoms with Crippen LogP contribution in [-0.4, -0.2) is 22.1 Å². The fraction of sp³-hybridized carbons (Fsp3) is 0.714. The highest BCUT2D eigenvalue weighted by Crippen LogP contribution is 2.34. The second kappa shape index (κ2) is 7.42. The van der Waals surface area contributed by atoms with Gasteiger partial charge in [-0.25, -0.2) is 0 Å². The van der Waals surface area contributed by atoms with Gasteiger partial charge in [0.2, 0.25) is 0 Å². The van der Waals surface area contributed by atoms with Crippen LogP contribution >= 0.6 is 11.3 Å². The number of hydrogen-bond acceptors (Lipinski definition) is 4. The van der Waals surface area contributed by atoms with Crippen LogP contribution < -0.4 is 9.46 Å². The van der Waals surface area contributed by atoms with E-state index in [4.69, 9.17) is 4.74 Å². The summed E-state index contributed by atoms with van der Waals surface area (Å²) in [6, 6.07) is 3.03. The lowest BCUT2D eigenvalue weighted by Gasteiger charge is -2.29. The molecule has 0 spiro atoms. The fourth-order valence-electron chi connectivity index (χ4n) is 1.55. The second-order valence-electron chi connectivity index (χ2n) is 6.28. The van der Waals surface area contributed by atoms with Gasteiger partial charge < -0.3 is 9.29 Å². The molecule has 22 heavy (non-hydrogen) atoms. The number of hydrogen-bond donors (Lipinski definition) is 1. The quantitative estimate of drug-likeness (QED) is 0.766. The first-order valence-corrected chi connectivity index (χ1v) is 8.84. The number of thiophene rings is 1. The molecule has 1 heterocycles. The van der Waals surface area contributed by atoms with Crippen molar-refractivity contribution in [3.8, 4) is 5.06 Å². The average Bonchev–Trinajstić information content (AvgIpc) is 2.79. The second-order valence-corrected chi connectivity index (χ2v) is 9.36. The highest BCUT2D eigenvalue weighted by Gasteiger charge is 2.32. The molecule has 8 heteroatoms. The first kappa shape index (κ1) is 19.6. The Morgan fingerprint density at radius 1 is 1.27 bits per heavy atom. The first-order valence-electron chi connectivity index (χ1n) is 6.87. The molecule has 128 valence electrons. The highest BCUT2D eigenvalue weighted by molar-refractivity contribution is 7.90. The van der Waals surface area contributed by atoms with Gasteiger partial charge in [0.15, 0.2) is 11.7 Å². The number of ether oxygens (including phenoxy) is 1. The van der Waals surface area contributed by atoms with E-state index in [1.54, 1.807) is 6.07 Å². The maximum Gasteiger partial charge on any atom is 0.422 e. The van der Waals surface area contributed by atoms with Crippen molar-refractivity contribution in [3.63, 3.8) is 0 Å². The summed E-state index contributed by atoms with van der Waals surface area (Å²) in [6.45, 7) is 8.21. The van der Waals surface area contributed by atoms with E-state index in [2.05, 4.69) is 4.72 Å². The minimum atomic E-state index is -4.35. The Hall–Kier alpha value is -0.440. The lowest BCUT2D eigenvalue weighted by Crippen LogP contribution is -2.42. The predicted molar refractivity (Wildman–Crippen MR) is 84.5 cm³/mol. The Balaban J connectivity index is 2.79. The molecular weight excluding hydrogens is 335 g/mol. The molecule has 0 fully saturated rings. The fourth-order valence-corrected chi connectivity index (χ4v) is 3.69. The molecule has 3 nitrogen and oxygen atoms in total. The normalized spacial score (nSPS) is 15.9. The molecule has 1 unspecified atom stereocenters. The van der Waals surface area contributed by atoms with E-state index in [9.17, 15) is 17.7 Å². The van der Waals surface area contributed by atoms with Crippen LogP contribution in [0.4, 0.5) is 13.2 Å². The molecule has 0 aliphatic heterocycles. The van der Waals surface area contributed by atoms with E-state index < -0.39 is 28.9 Å². The minimum absolute atomic E-state index is 0.139. The van der Waals surface area contributed by atoms with Crippen molar-refractivity contribution in [2.45, 2.75) is 51.6 Å². The van der Waals surface area contributed by atoms with Crippen LogP contribution in [-0.2, 0) is 11.4 Å². The van der Waals surface area contributed by atoms with Crippen LogP contribution in [0.2, 0.25) is 0 Å². The van der Waals surface area contributed by atoms with Gasteiger partial charge in [-0.05, 0) is 38.8 Å². The monoisotopic (exact) mass is 357 g/mol. The van der Waals surface area contributed by atoms with Crippen molar-refractivity contribution < 1.29 is 22.5 Å². The molecule has 0 saturated carbocycles. The molecule has 0 aromatic carbocycles. The maximum atomic E-state index is 12.2. The molecule has 0 aliphatic carbocycles. The smallest absolute Gasteiger partial charge is 0.422 e. The van der Waals surface area contributed by atoms with E-state index in [-0.39, 0.29) is 17.0 Å². The summed E-state index contributed by atoms with van der Waals surface area (Å²) in [5.74, 6) is 0.139. The van der Waals surface area contributed by atoms with Gasteiger partial charge in [0.1, 0.15) is 4.75 Å². The van der Waals surface area contributed by atoms with Crippen molar-refractivity contribution in [1.29, 1.82) is 0 Å². The minimum Gasteiger partial charge on any atom is -0.598 e. The van der Waals surface area contributed by atoms with Gasteiger partial charge in [-0.2, -0.15) is 13.2 Å². The molecule has 0 saturated heterocycles. The Kier molecular flexibility index (Phi) is 6.61. The highest BCUT2D eigenvalue weighted by atomic mass is 32.2. The first-order chi connectivity index (χ1) is 9.90. The zero-order chi connectivity index (χ0) is 17.1. The summed E-state index contributed by atoms with van der Waals surface area (Å²) in [7, 11) is 0. The van der Waals surface area contributed by atoms with Crippen LogP contribution in [0.15, 0.2) is 12.1 Å². The SMILES string of the molecule is CC(C)C(N[S@@+]([O-])C(C)(C)C)c1ccc(OCC(F)(F)F)s1. The summed E-state index contributed by atoms with van der Waals surface area (Å²) in [6.07, 6.45) is -4.35. The van der Waals surface area contributed by atoms with E-state index >= 15 is 0 Å². The van der Waals surface area contributed by atoms with Gasteiger partial charge in [-0.3, -0.25) is 0 Å². The molecule has 1 N–H and O–H groups in total. The molecule has 2 atom stereocenters. The van der Waals surface area contributed by atoms with Crippen molar-refractivity contribution >= 4 is 22.7 Å². The van der Waals surface area contributed by atoms with E-state index in [0.29, 0.717) is 0 Å². The van der Waals surface area contributed by atoms with Crippen LogP contribution in [0.5, 0.6) is 5.06 Å². The van der Waals surface area contributed by atoms with E-state index in [0.717, 1.165) is 16.2 Å². The van der Waals surface area contributed by atoms with Gasteiger partial charge in [0.05, 0.1) is 6.04 Å². The van der Waals surface area contributed by atoms with E-state index in [1.807, 2.05) is 34.6 Å². The zero-order valence-electron chi connectivity index (χ0n) is 13.3. The van der Waals surface area contributed by atoms with Crippen molar-refractivity contribution in [3.05, 3.63) is 17.0 Å². The lowest BCUT2D eigenvalue weighted by molar-refractivity contribution is -0.152. The molecule has 0 amide bonds. The van der Waals surface area contributed by atoms with Gasteiger partial charge in [0.25, 0.3) is 0 Å². The van der Waals surface area contributed by atoms with Gasteiger partial charge >= 0.3 is 6.18 Å². The summed E-state index contributed by atoms with van der Waals surface area (Å²) in [5, 5.41) is 0.210. The average molecular weight is 357 g/mol. The predicted octanol–water partition coefficient (Wildman–Crippen LogP) is 4.44. The van der Waals surface area contributed by atoms with Crippen LogP contribution in [0, 0.1) is 5.92 Å². The van der Waals surface area contributed by atoms with Crippen molar-refractivity contribution in [1.82, 2.24) is 4.72 Å². The largest absolute Gasteiger partial charge is 0.598 e. The lowest BCUT2D eigenvalue weighted by atomic mass is 10.0. The molecule has 0 radical (unpaired) electrons. The summed E-state index contributed by atoms with van der Waals surface area (Å²) in [5.41, 5.74) is 0. The topological polar surface area (TPSA) is 44.3 Å². The molecule has 0 bridgehead atoms. The maximum absolute atomic E-state index is 12.2. The van der Waals surface area contributed by atoms with Gasteiger partial charge in [0, 0.05) is 16.2 Å². The number of alkyl halides is 3. The Morgan fingerprint density at radius 2 is 1.86 bits per heavy atom. The van der Waals surface area contributed by atoms with Gasteiger partial charge in [-0.15, -0.1) is 16.1 Å². The van der Waals surface area contributed by atoms with Crippen molar-refractivity contribution in [2.75, 3.05) is 6.61 Å². The Bertz CT molecular complexity index is 469. The number of rotatable bonds is 6. The third-order valence-electron chi connectivity index (χ3n) is 2.74. The van der Waals surface area contributed by atoms with Gasteiger partial charge in [-0.1, -0.05) is 13.8 Å². The zero-order valence-corrected chi connectivity index (χ0v) is 14.9. The standard InChI is InChI=1S/C14H22F3NO2S2/c1-9(2)12(18-22(19)13(3,4)5)10-6-7-11(21-10)20-8-14(15,16)17/h6-7,9,12,18H,8H2,1-5H3/t12?,22-/m0/s1. The molecule has 1 aromatic heterocycles. The van der Waals surface area contributed by atoms with Crippen molar-refractivity contribution in [2.24, 2.45) is 5.92 Å². The number of nitrogens with one attached hydrogen (secondary N) is 1. The summed E-state index contributed by atoms with van der Waals surface area (Å²) < 4.78 is 56.1. The summed E-state index contributed by atoms with van der Waals surface area (Å²) in [4.78, 5) is 0.810. The third kappa shape index (κ3) is 6.36. The van der Waals surface area contributed by atoms with Crippen LogP contribution in [0.3, 0.4) is 0 Å². The molecular formula is C14H22F3NO2S2. The molecule has 1 aromatic rings. The Morgan fingerprint density at radius 3 is 2.32 bits per heavy atom. The third-order valence-corrected chi connectivity index (χ3v) is 5.40. The Labute approximate surface area is 136 Å². The van der Waals surface area contributed by atoms with Crippen LogP contribution in [0.25, 0.3) is 0 Å². The summed E-state index contributed by atoms with van der Waals surface area (Å²) >= 11 is -0.118. The van der Waals surface area contributed by atoms with E-state index in [1.165, 1.54) is 6.07 Å².